The summed E-state index contributed by atoms with van der Waals surface area (Å²) in [6.07, 6.45) is 0.132. The quantitative estimate of drug-likeness (QED) is 0.585. The van der Waals surface area contributed by atoms with Gasteiger partial charge in [-0.2, -0.15) is 0 Å². The van der Waals surface area contributed by atoms with Crippen molar-refractivity contribution in [3.8, 4) is 5.75 Å². The summed E-state index contributed by atoms with van der Waals surface area (Å²) in [5, 5.41) is 5.62. The third kappa shape index (κ3) is 6.45. The number of aryl methyl sites for hydroxylation is 1. The number of anilines is 1. The molecule has 2 aromatic carbocycles. The minimum absolute atomic E-state index is 0.0951. The molecule has 0 aromatic heterocycles. The van der Waals surface area contributed by atoms with E-state index in [9.17, 15) is 14.4 Å². The lowest BCUT2D eigenvalue weighted by molar-refractivity contribution is -0.142. The molecule has 4 N–H and O–H groups in total. The number of amides is 4. The normalized spacial score (nSPS) is 15.7. The Bertz CT molecular complexity index is 996. The zero-order chi connectivity index (χ0) is 23.8. The number of urea groups is 1. The highest BCUT2D eigenvalue weighted by molar-refractivity contribution is 5.92. The fourth-order valence-electron chi connectivity index (χ4n) is 3.79. The fraction of sp³-hybridized carbons (Fsp3) is 0.375. The van der Waals surface area contributed by atoms with Crippen LogP contribution in [-0.4, -0.2) is 73.5 Å². The molecule has 1 fully saturated rings. The van der Waals surface area contributed by atoms with E-state index in [1.165, 1.54) is 0 Å². The predicted octanol–water partition coefficient (Wildman–Crippen LogP) is 1.37. The van der Waals surface area contributed by atoms with Crippen LogP contribution in [0.5, 0.6) is 5.75 Å². The zero-order valence-electron chi connectivity index (χ0n) is 19.0. The summed E-state index contributed by atoms with van der Waals surface area (Å²) < 4.78 is 5.23. The van der Waals surface area contributed by atoms with Crippen molar-refractivity contribution in [2.24, 2.45) is 5.73 Å². The van der Waals surface area contributed by atoms with Crippen LogP contribution >= 0.6 is 0 Å². The van der Waals surface area contributed by atoms with Gasteiger partial charge in [-0.25, -0.2) is 4.79 Å². The second-order valence-corrected chi connectivity index (χ2v) is 7.96. The Morgan fingerprint density at radius 1 is 1.12 bits per heavy atom. The van der Waals surface area contributed by atoms with E-state index in [2.05, 4.69) is 10.6 Å². The highest BCUT2D eigenvalue weighted by Crippen LogP contribution is 2.18. The van der Waals surface area contributed by atoms with Gasteiger partial charge in [-0.05, 0) is 42.3 Å². The Balaban J connectivity index is 1.72. The van der Waals surface area contributed by atoms with Crippen LogP contribution in [0.4, 0.5) is 10.5 Å². The Hall–Kier alpha value is -3.59. The number of hydrogen-bond donors (Lipinski definition) is 3. The Kier molecular flexibility index (Phi) is 8.26. The van der Waals surface area contributed by atoms with Gasteiger partial charge in [0.1, 0.15) is 11.8 Å². The van der Waals surface area contributed by atoms with E-state index in [1.807, 2.05) is 49.4 Å². The number of rotatable bonds is 7. The molecule has 0 aliphatic carbocycles. The van der Waals surface area contributed by atoms with Gasteiger partial charge in [-0.15, -0.1) is 0 Å². The van der Waals surface area contributed by atoms with E-state index in [0.29, 0.717) is 24.5 Å². The van der Waals surface area contributed by atoms with E-state index in [-0.39, 0.29) is 43.9 Å². The number of carbonyl (C=O) groups is 3. The molecule has 1 unspecified atom stereocenters. The lowest BCUT2D eigenvalue weighted by atomic mass is 10.1. The van der Waals surface area contributed by atoms with Crippen LogP contribution in [-0.2, 0) is 16.0 Å². The number of benzene rings is 2. The van der Waals surface area contributed by atoms with Crippen molar-refractivity contribution in [1.82, 2.24) is 15.1 Å². The summed E-state index contributed by atoms with van der Waals surface area (Å²) >= 11 is 0. The third-order valence-corrected chi connectivity index (χ3v) is 5.49. The Morgan fingerprint density at radius 3 is 2.64 bits per heavy atom. The van der Waals surface area contributed by atoms with Gasteiger partial charge >= 0.3 is 6.03 Å². The predicted molar refractivity (Wildman–Crippen MR) is 126 cm³/mol. The van der Waals surface area contributed by atoms with E-state index < -0.39 is 6.04 Å². The molecule has 9 nitrogen and oxygen atoms in total. The number of ether oxygens (including phenoxy) is 1. The topological polar surface area (TPSA) is 117 Å². The number of piperazine rings is 1. The van der Waals surface area contributed by atoms with Crippen LogP contribution in [0.2, 0.25) is 0 Å². The minimum Gasteiger partial charge on any atom is -0.497 e. The maximum absolute atomic E-state index is 13.1. The fourth-order valence-corrected chi connectivity index (χ4v) is 3.79. The van der Waals surface area contributed by atoms with Crippen molar-refractivity contribution in [1.29, 1.82) is 0 Å². The molecule has 176 valence electrons. The average Bonchev–Trinajstić information content (AvgIpc) is 2.82. The molecular formula is C24H31N5O4. The Morgan fingerprint density at radius 2 is 1.91 bits per heavy atom. The summed E-state index contributed by atoms with van der Waals surface area (Å²) in [4.78, 5) is 41.9. The maximum Gasteiger partial charge on any atom is 0.321 e. The van der Waals surface area contributed by atoms with Gasteiger partial charge in [0.25, 0.3) is 0 Å². The highest BCUT2D eigenvalue weighted by Gasteiger charge is 2.36. The van der Waals surface area contributed by atoms with Crippen molar-refractivity contribution in [2.45, 2.75) is 19.4 Å². The molecule has 0 spiro atoms. The molecule has 1 aliphatic heterocycles. The van der Waals surface area contributed by atoms with Crippen molar-refractivity contribution >= 4 is 23.5 Å². The molecule has 4 amide bonds. The van der Waals surface area contributed by atoms with Gasteiger partial charge in [0, 0.05) is 31.9 Å². The molecule has 2 aromatic rings. The largest absolute Gasteiger partial charge is 0.497 e. The van der Waals surface area contributed by atoms with Crippen LogP contribution in [0.3, 0.4) is 0 Å². The first kappa shape index (κ1) is 24.1. The summed E-state index contributed by atoms with van der Waals surface area (Å²) in [5.41, 5.74) is 8.02. The summed E-state index contributed by atoms with van der Waals surface area (Å²) in [5.74, 6) is 0.151. The molecule has 1 saturated heterocycles. The van der Waals surface area contributed by atoms with Gasteiger partial charge in [-0.3, -0.25) is 9.59 Å². The van der Waals surface area contributed by atoms with Gasteiger partial charge in [0.05, 0.1) is 20.1 Å². The van der Waals surface area contributed by atoms with Crippen LogP contribution in [0.25, 0.3) is 0 Å². The molecule has 3 rings (SSSR count). The molecule has 0 radical (unpaired) electrons. The number of methoxy groups -OCH3 is 1. The van der Waals surface area contributed by atoms with Gasteiger partial charge in [0.2, 0.25) is 11.8 Å². The minimum atomic E-state index is -0.799. The number of hydrogen-bond acceptors (Lipinski definition) is 5. The SMILES string of the molecule is COc1cccc(CC(=O)N2CCN(C(=O)Nc3cccc(C)c3)CC2C(=O)NCCN)c1. The van der Waals surface area contributed by atoms with E-state index in [1.54, 1.807) is 23.0 Å². The summed E-state index contributed by atoms with van der Waals surface area (Å²) in [7, 11) is 1.57. The standard InChI is InChI=1S/C24H31N5O4/c1-17-5-3-7-19(13-17)27-24(32)28-11-12-29(21(16-28)23(31)26-10-9-25)22(30)15-18-6-4-8-20(14-18)33-2/h3-8,13-14,21H,9-12,15-16,25H2,1-2H3,(H,26,31)(H,27,32). The highest BCUT2D eigenvalue weighted by atomic mass is 16.5. The van der Waals surface area contributed by atoms with Crippen LogP contribution < -0.4 is 21.1 Å². The van der Waals surface area contributed by atoms with Crippen LogP contribution in [0.1, 0.15) is 11.1 Å². The Labute approximate surface area is 193 Å². The first-order valence-corrected chi connectivity index (χ1v) is 10.9. The van der Waals surface area contributed by atoms with E-state index in [4.69, 9.17) is 10.5 Å². The van der Waals surface area contributed by atoms with Crippen molar-refractivity contribution in [3.63, 3.8) is 0 Å². The second-order valence-electron chi connectivity index (χ2n) is 7.96. The zero-order valence-corrected chi connectivity index (χ0v) is 19.0. The van der Waals surface area contributed by atoms with Gasteiger partial charge in [-0.1, -0.05) is 24.3 Å². The molecule has 33 heavy (non-hydrogen) atoms. The molecule has 9 heteroatoms. The maximum atomic E-state index is 13.1. The summed E-state index contributed by atoms with van der Waals surface area (Å²) in [6.45, 7) is 3.20. The van der Waals surface area contributed by atoms with Crippen molar-refractivity contribution < 1.29 is 19.1 Å². The number of nitrogens with one attached hydrogen (secondary N) is 2. The monoisotopic (exact) mass is 453 g/mol. The molecular weight excluding hydrogens is 422 g/mol. The first-order valence-electron chi connectivity index (χ1n) is 10.9. The first-order chi connectivity index (χ1) is 15.9. The number of carbonyl (C=O) groups excluding carboxylic acids is 3. The van der Waals surface area contributed by atoms with Crippen LogP contribution in [0, 0.1) is 6.92 Å². The molecule has 1 aliphatic rings. The van der Waals surface area contributed by atoms with Gasteiger partial charge in [0.15, 0.2) is 0 Å². The van der Waals surface area contributed by atoms with Crippen molar-refractivity contribution in [3.05, 3.63) is 59.7 Å². The lowest BCUT2D eigenvalue weighted by Gasteiger charge is -2.40. The average molecular weight is 454 g/mol. The van der Waals surface area contributed by atoms with E-state index in [0.717, 1.165) is 11.1 Å². The van der Waals surface area contributed by atoms with Gasteiger partial charge < -0.3 is 30.9 Å². The number of nitrogens with zero attached hydrogens (tertiary/aromatic N) is 2. The smallest absolute Gasteiger partial charge is 0.321 e. The molecule has 0 saturated carbocycles. The second kappa shape index (κ2) is 11.3. The van der Waals surface area contributed by atoms with Crippen LogP contribution in [0.15, 0.2) is 48.5 Å². The van der Waals surface area contributed by atoms with Crippen molar-refractivity contribution in [2.75, 3.05) is 45.2 Å². The lowest BCUT2D eigenvalue weighted by Crippen LogP contribution is -2.62. The third-order valence-electron chi connectivity index (χ3n) is 5.49. The molecule has 1 atom stereocenters. The summed E-state index contributed by atoms with van der Waals surface area (Å²) in [6, 6.07) is 13.7. The molecule has 0 bridgehead atoms. The van der Waals surface area contributed by atoms with E-state index >= 15 is 0 Å². The number of nitrogens with two attached hydrogens (primary N) is 1. The molecule has 1 heterocycles.